The van der Waals surface area contributed by atoms with Crippen LogP contribution in [-0.4, -0.2) is 64.3 Å². The standard InChI is InChI=1S/C17H25BrN4O4/c1-11(2)9-13(15(23)16(24)20-26)17(25)22-7-5-21(6-8-22)14-4-3-12(18)10-19-14/h3-4,10-11,13,15,23,26H,5-9H2,1-2H3,(H,20,24)/t13-,15+/m0/s1. The lowest BCUT2D eigenvalue weighted by Crippen LogP contribution is -2.53. The molecule has 0 unspecified atom stereocenters. The molecule has 9 heteroatoms. The number of anilines is 1. The van der Waals surface area contributed by atoms with Crippen molar-refractivity contribution in [3.63, 3.8) is 0 Å². The first-order valence-electron chi connectivity index (χ1n) is 8.60. The fourth-order valence-corrected chi connectivity index (χ4v) is 3.30. The molecule has 2 rings (SSSR count). The van der Waals surface area contributed by atoms with Crippen molar-refractivity contribution in [3.05, 3.63) is 22.8 Å². The van der Waals surface area contributed by atoms with E-state index < -0.39 is 17.9 Å². The van der Waals surface area contributed by atoms with Gasteiger partial charge in [-0.05, 0) is 40.4 Å². The van der Waals surface area contributed by atoms with Crippen LogP contribution in [0.5, 0.6) is 0 Å². The first-order valence-corrected chi connectivity index (χ1v) is 9.40. The van der Waals surface area contributed by atoms with Crippen molar-refractivity contribution >= 4 is 33.6 Å². The van der Waals surface area contributed by atoms with Crippen LogP contribution in [0.3, 0.4) is 0 Å². The summed E-state index contributed by atoms with van der Waals surface area (Å²) in [6, 6.07) is 3.83. The zero-order valence-electron chi connectivity index (χ0n) is 14.9. The number of hydrogen-bond acceptors (Lipinski definition) is 6. The van der Waals surface area contributed by atoms with Gasteiger partial charge in [-0.25, -0.2) is 10.5 Å². The third-order valence-electron chi connectivity index (χ3n) is 4.43. The summed E-state index contributed by atoms with van der Waals surface area (Å²) in [4.78, 5) is 32.5. The Balaban J connectivity index is 2.01. The zero-order valence-corrected chi connectivity index (χ0v) is 16.5. The van der Waals surface area contributed by atoms with Gasteiger partial charge in [-0.1, -0.05) is 13.8 Å². The molecule has 3 N–H and O–H groups in total. The minimum absolute atomic E-state index is 0.123. The van der Waals surface area contributed by atoms with Crippen LogP contribution >= 0.6 is 15.9 Å². The van der Waals surface area contributed by atoms with Crippen LogP contribution in [0.25, 0.3) is 0 Å². The van der Waals surface area contributed by atoms with Crippen molar-refractivity contribution in [1.29, 1.82) is 0 Å². The lowest BCUT2D eigenvalue weighted by Gasteiger charge is -2.37. The average Bonchev–Trinajstić information content (AvgIpc) is 2.65. The van der Waals surface area contributed by atoms with E-state index in [1.165, 1.54) is 5.48 Å². The van der Waals surface area contributed by atoms with Crippen LogP contribution in [0.2, 0.25) is 0 Å². The van der Waals surface area contributed by atoms with Gasteiger partial charge in [0.15, 0.2) is 0 Å². The van der Waals surface area contributed by atoms with Gasteiger partial charge in [-0.2, -0.15) is 0 Å². The molecular weight excluding hydrogens is 404 g/mol. The number of aliphatic hydroxyl groups excluding tert-OH is 1. The highest BCUT2D eigenvalue weighted by Crippen LogP contribution is 2.22. The number of aliphatic hydroxyl groups is 1. The molecule has 1 saturated heterocycles. The third-order valence-corrected chi connectivity index (χ3v) is 4.90. The highest BCUT2D eigenvalue weighted by atomic mass is 79.9. The second-order valence-electron chi connectivity index (χ2n) is 6.80. The predicted octanol–water partition coefficient (Wildman–Crippen LogP) is 1.02. The van der Waals surface area contributed by atoms with Gasteiger partial charge in [0, 0.05) is 36.8 Å². The van der Waals surface area contributed by atoms with Crippen LogP contribution in [0.15, 0.2) is 22.8 Å². The summed E-state index contributed by atoms with van der Waals surface area (Å²) in [6.07, 6.45) is 0.526. The molecule has 2 amide bonds. The Kier molecular flexibility index (Phi) is 7.36. The van der Waals surface area contributed by atoms with E-state index in [4.69, 9.17) is 5.21 Å². The number of rotatable bonds is 6. The second-order valence-corrected chi connectivity index (χ2v) is 7.72. The van der Waals surface area contributed by atoms with Gasteiger partial charge in [0.25, 0.3) is 5.91 Å². The molecule has 0 aromatic carbocycles. The van der Waals surface area contributed by atoms with E-state index in [2.05, 4.69) is 25.8 Å². The van der Waals surface area contributed by atoms with Crippen molar-refractivity contribution in [2.75, 3.05) is 31.1 Å². The summed E-state index contributed by atoms with van der Waals surface area (Å²) in [5.41, 5.74) is 1.43. The zero-order chi connectivity index (χ0) is 19.3. The number of amides is 2. The number of nitrogens with one attached hydrogen (secondary N) is 1. The van der Waals surface area contributed by atoms with Crippen LogP contribution in [0.4, 0.5) is 5.82 Å². The normalized spacial score (nSPS) is 17.2. The smallest absolute Gasteiger partial charge is 0.272 e. The van der Waals surface area contributed by atoms with Crippen molar-refractivity contribution in [2.45, 2.75) is 26.4 Å². The maximum atomic E-state index is 12.8. The second kappa shape index (κ2) is 9.29. The van der Waals surface area contributed by atoms with Crippen LogP contribution in [0, 0.1) is 11.8 Å². The minimum atomic E-state index is -1.57. The fourth-order valence-electron chi connectivity index (χ4n) is 3.07. The molecular formula is C17H25BrN4O4. The Morgan fingerprint density at radius 3 is 2.42 bits per heavy atom. The third kappa shape index (κ3) is 5.15. The Morgan fingerprint density at radius 1 is 1.27 bits per heavy atom. The van der Waals surface area contributed by atoms with Crippen LogP contribution in [-0.2, 0) is 9.59 Å². The Hall–Kier alpha value is -1.71. The van der Waals surface area contributed by atoms with Gasteiger partial charge in [0.2, 0.25) is 5.91 Å². The number of carbonyl (C=O) groups is 2. The first-order chi connectivity index (χ1) is 12.3. The first kappa shape index (κ1) is 20.6. The molecule has 2 atom stereocenters. The maximum Gasteiger partial charge on any atom is 0.272 e. The van der Waals surface area contributed by atoms with E-state index >= 15 is 0 Å². The van der Waals surface area contributed by atoms with Crippen LogP contribution in [0.1, 0.15) is 20.3 Å². The lowest BCUT2D eigenvalue weighted by atomic mass is 9.90. The van der Waals surface area contributed by atoms with Crippen LogP contribution < -0.4 is 10.4 Å². The number of halogens is 1. The fraction of sp³-hybridized carbons (Fsp3) is 0.588. The molecule has 1 aromatic heterocycles. The van der Waals surface area contributed by atoms with E-state index in [0.29, 0.717) is 32.6 Å². The van der Waals surface area contributed by atoms with E-state index in [-0.39, 0.29) is 11.8 Å². The molecule has 2 heterocycles. The molecule has 1 aliphatic heterocycles. The summed E-state index contributed by atoms with van der Waals surface area (Å²) in [6.45, 7) is 6.05. The summed E-state index contributed by atoms with van der Waals surface area (Å²) in [5, 5.41) is 18.9. The number of piperazine rings is 1. The SMILES string of the molecule is CC(C)C[C@H](C(=O)N1CCN(c2ccc(Br)cn2)CC1)[C@@H](O)C(=O)NO. The maximum absolute atomic E-state index is 12.8. The molecule has 0 radical (unpaired) electrons. The predicted molar refractivity (Wildman–Crippen MR) is 99.6 cm³/mol. The molecule has 0 spiro atoms. The number of hydrogen-bond donors (Lipinski definition) is 3. The molecule has 1 fully saturated rings. The number of nitrogens with zero attached hydrogens (tertiary/aromatic N) is 3. The van der Waals surface area contributed by atoms with Gasteiger partial charge in [-0.3, -0.25) is 14.8 Å². The summed E-state index contributed by atoms with van der Waals surface area (Å²) in [7, 11) is 0. The lowest BCUT2D eigenvalue weighted by molar-refractivity contribution is -0.151. The molecule has 0 saturated carbocycles. The summed E-state index contributed by atoms with van der Waals surface area (Å²) < 4.78 is 0.905. The Labute approximate surface area is 161 Å². The topological polar surface area (TPSA) is 106 Å². The van der Waals surface area contributed by atoms with Crippen molar-refractivity contribution < 1.29 is 19.9 Å². The largest absolute Gasteiger partial charge is 0.382 e. The summed E-state index contributed by atoms with van der Waals surface area (Å²) >= 11 is 3.36. The number of aromatic nitrogens is 1. The van der Waals surface area contributed by atoms with Crippen molar-refractivity contribution in [3.8, 4) is 0 Å². The molecule has 0 aliphatic carbocycles. The van der Waals surface area contributed by atoms with Gasteiger partial charge >= 0.3 is 0 Å². The molecule has 26 heavy (non-hydrogen) atoms. The molecule has 8 nitrogen and oxygen atoms in total. The van der Waals surface area contributed by atoms with E-state index in [1.807, 2.05) is 26.0 Å². The van der Waals surface area contributed by atoms with Crippen molar-refractivity contribution in [1.82, 2.24) is 15.4 Å². The Bertz CT molecular complexity index is 618. The van der Waals surface area contributed by atoms with Gasteiger partial charge in [-0.15, -0.1) is 0 Å². The highest BCUT2D eigenvalue weighted by molar-refractivity contribution is 9.10. The van der Waals surface area contributed by atoms with Gasteiger partial charge in [0.1, 0.15) is 11.9 Å². The number of hydroxylamine groups is 1. The van der Waals surface area contributed by atoms with Gasteiger partial charge < -0.3 is 14.9 Å². The molecule has 144 valence electrons. The van der Waals surface area contributed by atoms with Crippen molar-refractivity contribution in [2.24, 2.45) is 11.8 Å². The van der Waals surface area contributed by atoms with E-state index in [1.54, 1.807) is 11.1 Å². The monoisotopic (exact) mass is 428 g/mol. The number of pyridine rings is 1. The van der Waals surface area contributed by atoms with E-state index in [9.17, 15) is 14.7 Å². The van der Waals surface area contributed by atoms with E-state index in [0.717, 1.165) is 10.3 Å². The number of carbonyl (C=O) groups excluding carboxylic acids is 2. The molecule has 1 aliphatic rings. The molecule has 0 bridgehead atoms. The van der Waals surface area contributed by atoms with Gasteiger partial charge in [0.05, 0.1) is 5.92 Å². The average molecular weight is 429 g/mol. The quantitative estimate of drug-likeness (QED) is 0.461. The highest BCUT2D eigenvalue weighted by Gasteiger charge is 2.36. The summed E-state index contributed by atoms with van der Waals surface area (Å²) in [5.74, 6) is -1.13. The minimum Gasteiger partial charge on any atom is -0.382 e. The Morgan fingerprint density at radius 2 is 1.92 bits per heavy atom. The molecule has 1 aromatic rings.